The maximum atomic E-state index is 12.5. The molecule has 2 atom stereocenters. The molecule has 1 saturated carbocycles. The van der Waals surface area contributed by atoms with E-state index >= 15 is 0 Å². The molecular weight excluding hydrogens is 468 g/mol. The minimum atomic E-state index is -4.52. The molecule has 1 aliphatic carbocycles. The Hall–Kier alpha value is -2.33. The van der Waals surface area contributed by atoms with Crippen LogP contribution < -0.4 is 16.4 Å². The van der Waals surface area contributed by atoms with Gasteiger partial charge in [-0.25, -0.2) is 9.97 Å². The molecule has 1 fully saturated rings. The molecule has 0 saturated heterocycles. The summed E-state index contributed by atoms with van der Waals surface area (Å²) in [4.78, 5) is 25.2. The molecule has 1 amide bonds. The first-order chi connectivity index (χ1) is 14.1. The van der Waals surface area contributed by atoms with Crippen LogP contribution in [-0.4, -0.2) is 46.5 Å². The van der Waals surface area contributed by atoms with Gasteiger partial charge in [-0.1, -0.05) is 24.5 Å². The number of carbonyl (C=O) groups excluding carboxylic acids is 1. The monoisotopic (exact) mass is 494 g/mol. The van der Waals surface area contributed by atoms with Crippen LogP contribution in [0.3, 0.4) is 0 Å². The number of rotatable bonds is 5. The van der Waals surface area contributed by atoms with Gasteiger partial charge >= 0.3 is 6.18 Å². The average Bonchev–Trinajstić information content (AvgIpc) is 2.66. The topological polar surface area (TPSA) is 105 Å². The third kappa shape index (κ3) is 7.37. The highest BCUT2D eigenvalue weighted by atomic mass is 35.5. The molecule has 1 aliphatic rings. The maximum Gasteiger partial charge on any atom is 0.405 e. The van der Waals surface area contributed by atoms with E-state index < -0.39 is 18.6 Å². The molecule has 12 heteroatoms. The standard InChI is InChI=1S/C20H25F3N6O.2ClH/c1-11-7-8-14-13(9-11)17(28-16-6-4-3-5-15(16)26-12(2)24)29-18(27-14)19(30)25-10-20(21,22)23;;/h7-9,15-16H,3-6,10H2,1-2H3,(H2,24,26)(H,25,30)(H,27,28,29);2*1H/t15-,16+;;/m1../s1. The minimum Gasteiger partial charge on any atom is -0.388 e. The van der Waals surface area contributed by atoms with Crippen molar-refractivity contribution < 1.29 is 18.0 Å². The number of nitrogens with one attached hydrogen (secondary N) is 2. The van der Waals surface area contributed by atoms with Gasteiger partial charge in [0.1, 0.15) is 12.4 Å². The van der Waals surface area contributed by atoms with Gasteiger partial charge in [-0.3, -0.25) is 9.79 Å². The van der Waals surface area contributed by atoms with E-state index in [1.54, 1.807) is 13.0 Å². The number of aryl methyl sites for hydroxylation is 1. The van der Waals surface area contributed by atoms with Crippen LogP contribution in [0.15, 0.2) is 23.2 Å². The number of amidine groups is 1. The summed E-state index contributed by atoms with van der Waals surface area (Å²) >= 11 is 0. The van der Waals surface area contributed by atoms with E-state index in [0.29, 0.717) is 22.6 Å². The first kappa shape index (κ1) is 27.7. The van der Waals surface area contributed by atoms with Crippen LogP contribution in [-0.2, 0) is 0 Å². The normalized spacial score (nSPS) is 19.0. The summed E-state index contributed by atoms with van der Waals surface area (Å²) in [6, 6.07) is 5.33. The Kier molecular flexibility index (Phi) is 9.96. The number of nitrogens with zero attached hydrogens (tertiary/aromatic N) is 3. The molecule has 0 bridgehead atoms. The van der Waals surface area contributed by atoms with E-state index in [-0.39, 0.29) is 42.7 Å². The predicted octanol–water partition coefficient (Wildman–Crippen LogP) is 4.17. The third-order valence-electron chi connectivity index (χ3n) is 4.92. The Bertz CT molecular complexity index is 966. The second kappa shape index (κ2) is 11.5. The van der Waals surface area contributed by atoms with Crippen molar-refractivity contribution in [2.24, 2.45) is 10.7 Å². The SMILES string of the molecule is CC(N)=N[C@@H]1CCCC[C@@H]1Nc1nc(C(=O)NCC(F)(F)F)nc2ccc(C)cc12.Cl.Cl. The number of amides is 1. The van der Waals surface area contributed by atoms with Gasteiger partial charge in [-0.2, -0.15) is 13.2 Å². The van der Waals surface area contributed by atoms with Crippen molar-refractivity contribution in [3.8, 4) is 0 Å². The molecule has 1 aromatic heterocycles. The summed E-state index contributed by atoms with van der Waals surface area (Å²) in [5.41, 5.74) is 7.22. The van der Waals surface area contributed by atoms with E-state index in [1.807, 2.05) is 24.4 Å². The average molecular weight is 495 g/mol. The lowest BCUT2D eigenvalue weighted by Gasteiger charge is -2.30. The number of nitrogens with two attached hydrogens (primary N) is 1. The first-order valence-electron chi connectivity index (χ1n) is 9.82. The van der Waals surface area contributed by atoms with Gasteiger partial charge in [0.25, 0.3) is 5.91 Å². The highest BCUT2D eigenvalue weighted by Crippen LogP contribution is 2.28. The van der Waals surface area contributed by atoms with Crippen LogP contribution in [0.25, 0.3) is 10.9 Å². The summed E-state index contributed by atoms with van der Waals surface area (Å²) in [5.74, 6) is -0.398. The zero-order valence-electron chi connectivity index (χ0n) is 17.7. The Labute approximate surface area is 196 Å². The molecule has 4 N–H and O–H groups in total. The summed E-state index contributed by atoms with van der Waals surface area (Å²) in [6.45, 7) is 2.20. The molecule has 7 nitrogen and oxygen atoms in total. The lowest BCUT2D eigenvalue weighted by Crippen LogP contribution is -2.37. The number of hydrogen-bond donors (Lipinski definition) is 3. The second-order valence-electron chi connectivity index (χ2n) is 7.59. The van der Waals surface area contributed by atoms with Gasteiger partial charge in [0.15, 0.2) is 0 Å². The van der Waals surface area contributed by atoms with Crippen molar-refractivity contribution in [3.05, 3.63) is 29.6 Å². The number of aliphatic imine (C=N–C) groups is 1. The fourth-order valence-electron chi connectivity index (χ4n) is 3.58. The quantitative estimate of drug-likeness (QED) is 0.427. The lowest BCUT2D eigenvalue weighted by atomic mass is 9.90. The molecule has 0 aliphatic heterocycles. The number of benzene rings is 1. The van der Waals surface area contributed by atoms with E-state index in [4.69, 9.17) is 5.73 Å². The predicted molar refractivity (Wildman–Crippen MR) is 124 cm³/mol. The molecular formula is C20H27Cl2F3N6O. The number of fused-ring (bicyclic) bond motifs is 1. The van der Waals surface area contributed by atoms with Gasteiger partial charge < -0.3 is 16.4 Å². The largest absolute Gasteiger partial charge is 0.405 e. The Balaban J connectivity index is 0.00000256. The molecule has 1 aromatic carbocycles. The summed E-state index contributed by atoms with van der Waals surface area (Å²) in [5, 5.41) is 5.88. The molecule has 0 spiro atoms. The van der Waals surface area contributed by atoms with Gasteiger partial charge in [-0.05, 0) is 38.8 Å². The van der Waals surface area contributed by atoms with E-state index in [9.17, 15) is 18.0 Å². The van der Waals surface area contributed by atoms with E-state index in [0.717, 1.165) is 31.2 Å². The molecule has 2 aromatic rings. The fourth-order valence-corrected chi connectivity index (χ4v) is 3.58. The zero-order chi connectivity index (χ0) is 21.9. The van der Waals surface area contributed by atoms with Crippen LogP contribution in [0.5, 0.6) is 0 Å². The van der Waals surface area contributed by atoms with Crippen LogP contribution >= 0.6 is 24.8 Å². The second-order valence-corrected chi connectivity index (χ2v) is 7.59. The van der Waals surface area contributed by atoms with Crippen molar-refractivity contribution in [1.29, 1.82) is 0 Å². The minimum absolute atomic E-state index is 0. The van der Waals surface area contributed by atoms with Crippen LogP contribution in [0.1, 0.15) is 48.8 Å². The lowest BCUT2D eigenvalue weighted by molar-refractivity contribution is -0.123. The number of anilines is 1. The maximum absolute atomic E-state index is 12.5. The molecule has 32 heavy (non-hydrogen) atoms. The zero-order valence-corrected chi connectivity index (χ0v) is 19.3. The van der Waals surface area contributed by atoms with Gasteiger partial charge in [0.2, 0.25) is 5.82 Å². The van der Waals surface area contributed by atoms with Crippen molar-refractivity contribution in [1.82, 2.24) is 15.3 Å². The van der Waals surface area contributed by atoms with Crippen LogP contribution in [0.4, 0.5) is 19.0 Å². The van der Waals surface area contributed by atoms with Gasteiger partial charge in [-0.15, -0.1) is 24.8 Å². The number of carbonyl (C=O) groups is 1. The highest BCUT2D eigenvalue weighted by Gasteiger charge is 2.29. The summed E-state index contributed by atoms with van der Waals surface area (Å²) < 4.78 is 37.4. The Morgan fingerprint density at radius 3 is 2.56 bits per heavy atom. The van der Waals surface area contributed by atoms with Crippen molar-refractivity contribution in [2.75, 3.05) is 11.9 Å². The van der Waals surface area contributed by atoms with Gasteiger partial charge in [0.05, 0.1) is 17.4 Å². The number of aromatic nitrogens is 2. The van der Waals surface area contributed by atoms with Crippen LogP contribution in [0.2, 0.25) is 0 Å². The van der Waals surface area contributed by atoms with Crippen molar-refractivity contribution in [3.63, 3.8) is 0 Å². The van der Waals surface area contributed by atoms with Crippen molar-refractivity contribution >= 4 is 53.3 Å². The van der Waals surface area contributed by atoms with E-state index in [2.05, 4.69) is 20.3 Å². The summed E-state index contributed by atoms with van der Waals surface area (Å²) in [7, 11) is 0. The third-order valence-corrected chi connectivity index (χ3v) is 4.92. The van der Waals surface area contributed by atoms with Crippen molar-refractivity contribution in [2.45, 2.75) is 57.8 Å². The van der Waals surface area contributed by atoms with Crippen LogP contribution in [0, 0.1) is 6.92 Å². The molecule has 3 rings (SSSR count). The highest BCUT2D eigenvalue weighted by molar-refractivity contribution is 5.96. The Morgan fingerprint density at radius 1 is 1.22 bits per heavy atom. The molecule has 0 radical (unpaired) electrons. The van der Waals surface area contributed by atoms with E-state index in [1.165, 1.54) is 0 Å². The number of halogens is 5. The number of hydrogen-bond acceptors (Lipinski definition) is 5. The van der Waals surface area contributed by atoms with Gasteiger partial charge in [0, 0.05) is 11.4 Å². The molecule has 178 valence electrons. The summed E-state index contributed by atoms with van der Waals surface area (Å²) in [6.07, 6.45) is -0.762. The first-order valence-corrected chi connectivity index (χ1v) is 9.82. The Morgan fingerprint density at radius 2 is 1.91 bits per heavy atom. The molecule has 1 heterocycles. The molecule has 0 unspecified atom stereocenters. The number of alkyl halides is 3. The smallest absolute Gasteiger partial charge is 0.388 e. The fraction of sp³-hybridized carbons (Fsp3) is 0.500.